The summed E-state index contributed by atoms with van der Waals surface area (Å²) in [6.07, 6.45) is -1.54. The highest BCUT2D eigenvalue weighted by Crippen LogP contribution is 2.33. The number of amides is 1. The molecule has 0 bridgehead atoms. The molecule has 210 valence electrons. The Labute approximate surface area is 238 Å². The Hall–Kier alpha value is -4.43. The summed E-state index contributed by atoms with van der Waals surface area (Å²) >= 11 is 6.16. The lowest BCUT2D eigenvalue weighted by Gasteiger charge is -2.17. The zero-order valence-corrected chi connectivity index (χ0v) is 22.5. The first-order valence-corrected chi connectivity index (χ1v) is 13.2. The van der Waals surface area contributed by atoms with Crippen LogP contribution in [0.3, 0.4) is 0 Å². The van der Waals surface area contributed by atoms with Crippen molar-refractivity contribution in [3.05, 3.63) is 89.0 Å². The summed E-state index contributed by atoms with van der Waals surface area (Å²) in [4.78, 5) is 26.0. The van der Waals surface area contributed by atoms with E-state index in [0.29, 0.717) is 35.0 Å². The van der Waals surface area contributed by atoms with Crippen molar-refractivity contribution < 1.29 is 19.7 Å². The minimum atomic E-state index is -1.45. The maximum absolute atomic E-state index is 12.2. The standard InChI is InChI=1S/C27H26ClN9O4/c1-29-25(40)22-20(38)21(39)26(41-22)36-14-31-19-23(30-12-16-8-5-9-17(28)10-16)32-27(33-24(19)36)37-13-18(34-35-37)11-15-6-3-2-4-7-15/h2-10,13-14,20-22,26,38-39H,11-12H2,1H3,(H,29,40)(H,30,32,33)/t20-,21+,22?,26+/m0/s1. The third kappa shape index (κ3) is 5.35. The predicted octanol–water partition coefficient (Wildman–Crippen LogP) is 1.63. The van der Waals surface area contributed by atoms with E-state index in [-0.39, 0.29) is 11.6 Å². The highest BCUT2D eigenvalue weighted by Gasteiger charge is 2.47. The summed E-state index contributed by atoms with van der Waals surface area (Å²) in [5.74, 6) is 0.0199. The summed E-state index contributed by atoms with van der Waals surface area (Å²) in [7, 11) is 1.42. The number of hydrogen-bond acceptors (Lipinski definition) is 10. The lowest BCUT2D eigenvalue weighted by atomic mass is 10.1. The van der Waals surface area contributed by atoms with Crippen LogP contribution in [0.4, 0.5) is 5.82 Å². The molecule has 1 fully saturated rings. The molecule has 4 atom stereocenters. The van der Waals surface area contributed by atoms with Crippen molar-refractivity contribution >= 4 is 34.5 Å². The van der Waals surface area contributed by atoms with Gasteiger partial charge < -0.3 is 25.6 Å². The number of aromatic nitrogens is 7. The molecule has 1 aliphatic rings. The molecule has 1 aliphatic heterocycles. The van der Waals surface area contributed by atoms with Gasteiger partial charge in [-0.15, -0.1) is 5.10 Å². The largest absolute Gasteiger partial charge is 0.387 e. The third-order valence-electron chi connectivity index (χ3n) is 6.75. The summed E-state index contributed by atoms with van der Waals surface area (Å²) in [5.41, 5.74) is 3.39. The van der Waals surface area contributed by atoms with Crippen molar-refractivity contribution in [2.24, 2.45) is 0 Å². The van der Waals surface area contributed by atoms with Gasteiger partial charge in [-0.25, -0.2) is 4.98 Å². The Morgan fingerprint density at radius 2 is 1.88 bits per heavy atom. The lowest BCUT2D eigenvalue weighted by molar-refractivity contribution is -0.137. The zero-order chi connectivity index (χ0) is 28.5. The second-order valence-electron chi connectivity index (χ2n) is 9.54. The quantitative estimate of drug-likeness (QED) is 0.214. The van der Waals surface area contributed by atoms with Gasteiger partial charge >= 0.3 is 0 Å². The van der Waals surface area contributed by atoms with Crippen LogP contribution in [0.2, 0.25) is 5.02 Å². The van der Waals surface area contributed by atoms with E-state index >= 15 is 0 Å². The molecule has 0 saturated carbocycles. The molecule has 13 nitrogen and oxygen atoms in total. The van der Waals surface area contributed by atoms with Crippen molar-refractivity contribution in [2.45, 2.75) is 37.5 Å². The number of fused-ring (bicyclic) bond motifs is 1. The van der Waals surface area contributed by atoms with Crippen LogP contribution < -0.4 is 10.6 Å². The first-order chi connectivity index (χ1) is 19.9. The molecule has 14 heteroatoms. The number of hydrogen-bond donors (Lipinski definition) is 4. The molecule has 1 saturated heterocycles. The maximum atomic E-state index is 12.2. The minimum Gasteiger partial charge on any atom is -0.387 e. The number of benzene rings is 2. The second kappa shape index (κ2) is 11.2. The normalized spacial score (nSPS) is 20.4. The Morgan fingerprint density at radius 1 is 1.07 bits per heavy atom. The molecule has 3 aromatic heterocycles. The number of aliphatic hydroxyl groups is 2. The van der Waals surface area contributed by atoms with E-state index in [2.05, 4.69) is 35.9 Å². The fourth-order valence-electron chi connectivity index (χ4n) is 4.68. The average Bonchev–Trinajstić information content (AvgIpc) is 3.70. The molecule has 1 unspecified atom stereocenters. The number of nitrogens with one attached hydrogen (secondary N) is 2. The van der Waals surface area contributed by atoms with E-state index in [1.54, 1.807) is 12.3 Å². The van der Waals surface area contributed by atoms with Gasteiger partial charge in [0.25, 0.3) is 11.9 Å². The van der Waals surface area contributed by atoms with Crippen LogP contribution in [-0.2, 0) is 22.5 Å². The van der Waals surface area contributed by atoms with Gasteiger partial charge in [0.1, 0.15) is 12.2 Å². The van der Waals surface area contributed by atoms with Gasteiger partial charge in [-0.2, -0.15) is 14.6 Å². The number of nitrogens with zero attached hydrogens (tertiary/aromatic N) is 7. The number of carbonyl (C=O) groups is 1. The van der Waals surface area contributed by atoms with E-state index in [0.717, 1.165) is 11.1 Å². The molecule has 0 radical (unpaired) electrons. The number of anilines is 1. The van der Waals surface area contributed by atoms with Crippen LogP contribution in [0.25, 0.3) is 17.1 Å². The van der Waals surface area contributed by atoms with E-state index in [1.165, 1.54) is 22.6 Å². The van der Waals surface area contributed by atoms with E-state index < -0.39 is 30.4 Å². The van der Waals surface area contributed by atoms with E-state index in [1.807, 2.05) is 48.5 Å². The molecule has 6 rings (SSSR count). The summed E-state index contributed by atoms with van der Waals surface area (Å²) in [5, 5.41) is 36.1. The Balaban J connectivity index is 1.38. The van der Waals surface area contributed by atoms with Gasteiger partial charge in [-0.05, 0) is 23.3 Å². The molecule has 0 aliphatic carbocycles. The van der Waals surface area contributed by atoms with Crippen molar-refractivity contribution in [3.8, 4) is 5.95 Å². The van der Waals surface area contributed by atoms with Gasteiger partial charge in [-0.1, -0.05) is 59.3 Å². The van der Waals surface area contributed by atoms with Gasteiger partial charge in [-0.3, -0.25) is 9.36 Å². The maximum Gasteiger partial charge on any atom is 0.256 e. The number of aliphatic hydroxyl groups excluding tert-OH is 2. The molecular formula is C27H26ClN9O4. The predicted molar refractivity (Wildman–Crippen MR) is 148 cm³/mol. The van der Waals surface area contributed by atoms with Gasteiger partial charge in [0.2, 0.25) is 0 Å². The molecule has 2 aromatic carbocycles. The SMILES string of the molecule is CNC(=O)C1O[C@@H](n2cnc3c(NCc4cccc(Cl)c4)nc(-n4cc(Cc5ccccc5)nn4)nc32)[C@H](O)[C@@H]1O. The van der Waals surface area contributed by atoms with Crippen molar-refractivity contribution in [1.29, 1.82) is 0 Å². The highest BCUT2D eigenvalue weighted by molar-refractivity contribution is 6.30. The summed E-state index contributed by atoms with van der Waals surface area (Å²) < 4.78 is 8.68. The van der Waals surface area contributed by atoms with Gasteiger partial charge in [0, 0.05) is 25.0 Å². The Morgan fingerprint density at radius 3 is 2.66 bits per heavy atom. The number of carbonyl (C=O) groups excluding carboxylic acids is 1. The van der Waals surface area contributed by atoms with Crippen LogP contribution in [0, 0.1) is 0 Å². The topological polar surface area (TPSA) is 165 Å². The molecule has 0 spiro atoms. The van der Waals surface area contributed by atoms with Crippen LogP contribution in [0.15, 0.2) is 67.1 Å². The van der Waals surface area contributed by atoms with Gasteiger partial charge in [0.05, 0.1) is 18.2 Å². The van der Waals surface area contributed by atoms with Gasteiger partial charge in [0.15, 0.2) is 29.3 Å². The van der Waals surface area contributed by atoms with Crippen molar-refractivity contribution in [1.82, 2.24) is 39.8 Å². The third-order valence-corrected chi connectivity index (χ3v) is 6.98. The van der Waals surface area contributed by atoms with Crippen molar-refractivity contribution in [3.63, 3.8) is 0 Å². The summed E-state index contributed by atoms with van der Waals surface area (Å²) in [6, 6.07) is 17.3. The number of ether oxygens (including phenoxy) is 1. The smallest absolute Gasteiger partial charge is 0.256 e. The zero-order valence-electron chi connectivity index (χ0n) is 21.8. The number of imidazole rings is 1. The monoisotopic (exact) mass is 575 g/mol. The van der Waals surface area contributed by atoms with Crippen molar-refractivity contribution in [2.75, 3.05) is 12.4 Å². The molecule has 5 aromatic rings. The number of rotatable bonds is 8. The van der Waals surface area contributed by atoms with Crippen LogP contribution in [-0.4, -0.2) is 76.0 Å². The Bertz CT molecular complexity index is 1690. The highest BCUT2D eigenvalue weighted by atomic mass is 35.5. The molecule has 4 heterocycles. The van der Waals surface area contributed by atoms with E-state index in [9.17, 15) is 15.0 Å². The summed E-state index contributed by atoms with van der Waals surface area (Å²) in [6.45, 7) is 0.385. The lowest BCUT2D eigenvalue weighted by Crippen LogP contribution is -2.41. The molecule has 1 amide bonds. The van der Waals surface area contributed by atoms with E-state index in [4.69, 9.17) is 16.3 Å². The fourth-order valence-corrected chi connectivity index (χ4v) is 4.89. The Kier molecular flexibility index (Phi) is 7.32. The second-order valence-corrected chi connectivity index (χ2v) is 9.98. The fraction of sp³-hybridized carbons (Fsp3) is 0.259. The average molecular weight is 576 g/mol. The molecular weight excluding hydrogens is 550 g/mol. The first-order valence-electron chi connectivity index (χ1n) is 12.8. The number of halogens is 1. The van der Waals surface area contributed by atoms with Crippen LogP contribution in [0.5, 0.6) is 0 Å². The molecule has 41 heavy (non-hydrogen) atoms. The van der Waals surface area contributed by atoms with Crippen LogP contribution >= 0.6 is 11.6 Å². The molecule has 4 N–H and O–H groups in total. The number of likely N-dealkylation sites (N-methyl/N-ethyl adjacent to an activating group) is 1. The first kappa shape index (κ1) is 26.8. The minimum absolute atomic E-state index is 0.190. The van der Waals surface area contributed by atoms with Crippen LogP contribution in [0.1, 0.15) is 23.0 Å².